The summed E-state index contributed by atoms with van der Waals surface area (Å²) in [6.07, 6.45) is 1.18. The van der Waals surface area contributed by atoms with E-state index in [0.717, 1.165) is 16.7 Å². The van der Waals surface area contributed by atoms with E-state index in [0.29, 0.717) is 17.0 Å². The van der Waals surface area contributed by atoms with Gasteiger partial charge in [-0.15, -0.1) is 0 Å². The fourth-order valence-corrected chi connectivity index (χ4v) is 3.87. The van der Waals surface area contributed by atoms with Gasteiger partial charge in [-0.25, -0.2) is 13.8 Å². The second kappa shape index (κ2) is 9.57. The van der Waals surface area contributed by atoms with E-state index in [9.17, 15) is 13.2 Å². The number of hydrogen-bond donors (Lipinski definition) is 1. The predicted octanol–water partition coefficient (Wildman–Crippen LogP) is 4.12. The normalized spacial score (nSPS) is 11.8. The van der Waals surface area contributed by atoms with Crippen molar-refractivity contribution in [2.45, 2.75) is 20.4 Å². The van der Waals surface area contributed by atoms with Crippen LogP contribution in [-0.2, 0) is 16.6 Å². The fourth-order valence-electron chi connectivity index (χ4n) is 2.98. The van der Waals surface area contributed by atoms with E-state index in [1.165, 1.54) is 10.6 Å². The van der Waals surface area contributed by atoms with Crippen molar-refractivity contribution in [1.82, 2.24) is 5.43 Å². The molecule has 6 nitrogen and oxygen atoms in total. The maximum Gasteiger partial charge on any atom is 0.271 e. The molecule has 7 heteroatoms. The van der Waals surface area contributed by atoms with Crippen molar-refractivity contribution < 1.29 is 13.2 Å². The van der Waals surface area contributed by atoms with Gasteiger partial charge in [0.05, 0.1) is 24.2 Å². The highest BCUT2D eigenvalue weighted by atomic mass is 32.2. The summed E-state index contributed by atoms with van der Waals surface area (Å²) >= 11 is 0. The highest BCUT2D eigenvalue weighted by Gasteiger charge is 2.17. The number of para-hydroxylation sites is 1. The van der Waals surface area contributed by atoms with Crippen LogP contribution < -0.4 is 9.73 Å². The lowest BCUT2D eigenvalue weighted by Crippen LogP contribution is -2.29. The lowest BCUT2D eigenvalue weighted by Gasteiger charge is -2.22. The summed E-state index contributed by atoms with van der Waals surface area (Å²) < 4.78 is 25.8. The Morgan fingerprint density at radius 3 is 2.06 bits per heavy atom. The molecule has 0 unspecified atom stereocenters. The first-order valence-electron chi connectivity index (χ1n) is 9.77. The number of hydrazone groups is 1. The average Bonchev–Trinajstić information content (AvgIpc) is 2.76. The summed E-state index contributed by atoms with van der Waals surface area (Å²) in [7, 11) is -3.45. The van der Waals surface area contributed by atoms with Gasteiger partial charge in [-0.05, 0) is 49.2 Å². The van der Waals surface area contributed by atoms with Crippen molar-refractivity contribution in [2.75, 3.05) is 10.6 Å². The summed E-state index contributed by atoms with van der Waals surface area (Å²) in [5.41, 5.74) is 7.16. The van der Waals surface area contributed by atoms with Crippen molar-refractivity contribution in [3.05, 3.63) is 101 Å². The van der Waals surface area contributed by atoms with Gasteiger partial charge in [0.25, 0.3) is 5.91 Å². The van der Waals surface area contributed by atoms with E-state index in [1.54, 1.807) is 48.5 Å². The molecule has 0 saturated carbocycles. The van der Waals surface area contributed by atoms with E-state index in [4.69, 9.17) is 0 Å². The summed E-state index contributed by atoms with van der Waals surface area (Å²) in [4.78, 5) is 12.4. The van der Waals surface area contributed by atoms with Crippen molar-refractivity contribution in [3.63, 3.8) is 0 Å². The Bertz CT molecular complexity index is 1170. The molecule has 0 fully saturated rings. The molecule has 0 aromatic heterocycles. The minimum Gasteiger partial charge on any atom is -0.267 e. The number of carbonyl (C=O) groups is 1. The van der Waals surface area contributed by atoms with Gasteiger partial charge in [-0.2, -0.15) is 5.10 Å². The summed E-state index contributed by atoms with van der Waals surface area (Å²) in [5.74, 6) is -0.332. The van der Waals surface area contributed by atoms with Crippen LogP contribution in [0.25, 0.3) is 0 Å². The topological polar surface area (TPSA) is 78.8 Å². The van der Waals surface area contributed by atoms with Crippen molar-refractivity contribution in [1.29, 1.82) is 0 Å². The Balaban J connectivity index is 1.69. The van der Waals surface area contributed by atoms with Gasteiger partial charge in [0, 0.05) is 5.56 Å². The van der Waals surface area contributed by atoms with Crippen molar-refractivity contribution in [2.24, 2.45) is 5.10 Å². The van der Waals surface area contributed by atoms with Crippen LogP contribution in [0.2, 0.25) is 0 Å². The van der Waals surface area contributed by atoms with Gasteiger partial charge >= 0.3 is 0 Å². The minimum atomic E-state index is -3.45. The molecule has 0 saturated heterocycles. The molecule has 1 amide bonds. The molecule has 160 valence electrons. The van der Waals surface area contributed by atoms with Crippen LogP contribution in [0, 0.1) is 6.92 Å². The first-order chi connectivity index (χ1) is 14.7. The third-order valence-electron chi connectivity index (χ3n) is 4.78. The van der Waals surface area contributed by atoms with Crippen LogP contribution in [0.15, 0.2) is 84.0 Å². The van der Waals surface area contributed by atoms with E-state index in [2.05, 4.69) is 10.5 Å². The summed E-state index contributed by atoms with van der Waals surface area (Å²) in [6.45, 7) is 4.02. The number of rotatable bonds is 7. The Morgan fingerprint density at radius 1 is 0.903 bits per heavy atom. The highest BCUT2D eigenvalue weighted by molar-refractivity contribution is 7.92. The molecule has 0 radical (unpaired) electrons. The zero-order valence-electron chi connectivity index (χ0n) is 17.7. The van der Waals surface area contributed by atoms with Crippen LogP contribution in [-0.4, -0.2) is 26.3 Å². The average molecular weight is 436 g/mol. The Hall–Kier alpha value is -3.45. The van der Waals surface area contributed by atoms with Gasteiger partial charge in [-0.3, -0.25) is 9.10 Å². The second-order valence-corrected chi connectivity index (χ2v) is 9.21. The molecule has 3 rings (SSSR count). The Kier molecular flexibility index (Phi) is 6.87. The lowest BCUT2D eigenvalue weighted by molar-refractivity contribution is 0.0955. The molecular weight excluding hydrogens is 410 g/mol. The van der Waals surface area contributed by atoms with Crippen molar-refractivity contribution in [3.8, 4) is 0 Å². The SMILES string of the molecule is C/C(=N/NC(=O)c1ccc(CN(c2ccccc2)S(C)(=O)=O)cc1)c1ccc(C)cc1. The first-order valence-corrected chi connectivity index (χ1v) is 11.6. The number of nitrogens with zero attached hydrogens (tertiary/aromatic N) is 2. The van der Waals surface area contributed by atoms with Gasteiger partial charge in [0.2, 0.25) is 10.0 Å². The number of aryl methyl sites for hydroxylation is 1. The van der Waals surface area contributed by atoms with E-state index in [-0.39, 0.29) is 12.5 Å². The molecule has 3 aromatic carbocycles. The number of anilines is 1. The number of benzene rings is 3. The Morgan fingerprint density at radius 2 is 1.48 bits per heavy atom. The number of hydrogen-bond acceptors (Lipinski definition) is 4. The number of sulfonamides is 1. The lowest BCUT2D eigenvalue weighted by atomic mass is 10.1. The summed E-state index contributed by atoms with van der Waals surface area (Å²) in [6, 6.07) is 23.6. The second-order valence-electron chi connectivity index (χ2n) is 7.31. The number of amides is 1. The molecule has 0 spiro atoms. The predicted molar refractivity (Wildman–Crippen MR) is 125 cm³/mol. The standard InChI is InChI=1S/C24H25N3O3S/c1-18-9-13-21(14-10-18)19(2)25-26-24(28)22-15-11-20(12-16-22)17-27(31(3,29)30)23-7-5-4-6-8-23/h4-16H,17H2,1-3H3,(H,26,28)/b25-19-. The van der Waals surface area contributed by atoms with Crippen LogP contribution in [0.5, 0.6) is 0 Å². The third-order valence-corrected chi connectivity index (χ3v) is 5.92. The van der Waals surface area contributed by atoms with E-state index in [1.807, 2.05) is 44.2 Å². The summed E-state index contributed by atoms with van der Waals surface area (Å²) in [5, 5.41) is 4.17. The maximum absolute atomic E-state index is 12.4. The van der Waals surface area contributed by atoms with Gasteiger partial charge in [0.1, 0.15) is 0 Å². The van der Waals surface area contributed by atoms with Gasteiger partial charge in [-0.1, -0.05) is 60.2 Å². The highest BCUT2D eigenvalue weighted by Crippen LogP contribution is 2.20. The van der Waals surface area contributed by atoms with Gasteiger partial charge in [0.15, 0.2) is 0 Å². The molecular formula is C24H25N3O3S. The Labute approximate surface area is 183 Å². The molecule has 0 aliphatic carbocycles. The zero-order valence-corrected chi connectivity index (χ0v) is 18.6. The molecule has 31 heavy (non-hydrogen) atoms. The first kappa shape index (κ1) is 22.2. The number of nitrogens with one attached hydrogen (secondary N) is 1. The van der Waals surface area contributed by atoms with E-state index < -0.39 is 10.0 Å². The zero-order chi connectivity index (χ0) is 22.4. The number of carbonyl (C=O) groups excluding carboxylic acids is 1. The quantitative estimate of drug-likeness (QED) is 0.448. The molecule has 0 aliphatic rings. The molecule has 0 atom stereocenters. The van der Waals surface area contributed by atoms with Crippen LogP contribution in [0.4, 0.5) is 5.69 Å². The molecule has 0 heterocycles. The van der Waals surface area contributed by atoms with Gasteiger partial charge < -0.3 is 0 Å². The molecule has 0 bridgehead atoms. The maximum atomic E-state index is 12.4. The fraction of sp³-hybridized carbons (Fsp3) is 0.167. The smallest absolute Gasteiger partial charge is 0.267 e. The minimum absolute atomic E-state index is 0.176. The third kappa shape index (κ3) is 6.02. The largest absolute Gasteiger partial charge is 0.271 e. The van der Waals surface area contributed by atoms with Crippen LogP contribution >= 0.6 is 0 Å². The van der Waals surface area contributed by atoms with Crippen LogP contribution in [0.3, 0.4) is 0 Å². The van der Waals surface area contributed by atoms with E-state index >= 15 is 0 Å². The molecule has 3 aromatic rings. The van der Waals surface area contributed by atoms with Crippen LogP contribution in [0.1, 0.15) is 34.0 Å². The molecule has 0 aliphatic heterocycles. The monoisotopic (exact) mass is 435 g/mol. The van der Waals surface area contributed by atoms with Crippen molar-refractivity contribution >= 4 is 27.3 Å². The molecule has 1 N–H and O–H groups in total.